The molecule has 2 atom stereocenters. The monoisotopic (exact) mass is 305 g/mol. The molecule has 0 saturated carbocycles. The third-order valence-electron chi connectivity index (χ3n) is 3.40. The zero-order valence-electron chi connectivity index (χ0n) is 11.2. The SMILES string of the molecule is CSC[C@H](Oc1cccc(C(F)(F)F)c1)C1CCNC1. The van der Waals surface area contributed by atoms with Crippen LogP contribution in [0.25, 0.3) is 0 Å². The summed E-state index contributed by atoms with van der Waals surface area (Å²) < 4.78 is 43.9. The molecule has 1 fully saturated rings. The first-order valence-corrected chi connectivity index (χ1v) is 7.93. The first-order chi connectivity index (χ1) is 9.50. The highest BCUT2D eigenvalue weighted by Gasteiger charge is 2.31. The third kappa shape index (κ3) is 4.06. The molecule has 1 saturated heterocycles. The standard InChI is InChI=1S/C14H18F3NOS/c1-20-9-13(10-5-6-18-8-10)19-12-4-2-3-11(7-12)14(15,16)17/h2-4,7,10,13,18H,5-6,8-9H2,1H3/t10?,13-/m0/s1. The molecule has 6 heteroatoms. The minimum absolute atomic E-state index is 0.0523. The molecule has 1 aromatic rings. The Kier molecular flexibility index (Phi) is 5.21. The van der Waals surface area contributed by atoms with Gasteiger partial charge >= 0.3 is 6.18 Å². The molecule has 1 aliphatic heterocycles. The number of halogens is 3. The molecule has 0 radical (unpaired) electrons. The van der Waals surface area contributed by atoms with E-state index >= 15 is 0 Å². The molecular formula is C14H18F3NOS. The molecule has 1 N–H and O–H groups in total. The molecule has 1 aromatic carbocycles. The average Bonchev–Trinajstić information content (AvgIpc) is 2.91. The lowest BCUT2D eigenvalue weighted by molar-refractivity contribution is -0.137. The lowest BCUT2D eigenvalue weighted by Crippen LogP contribution is -2.31. The largest absolute Gasteiger partial charge is 0.489 e. The van der Waals surface area contributed by atoms with Crippen molar-refractivity contribution in [3.63, 3.8) is 0 Å². The highest BCUT2D eigenvalue weighted by Crippen LogP contribution is 2.32. The van der Waals surface area contributed by atoms with Gasteiger partial charge in [-0.15, -0.1) is 0 Å². The van der Waals surface area contributed by atoms with E-state index in [1.54, 1.807) is 17.8 Å². The topological polar surface area (TPSA) is 21.3 Å². The summed E-state index contributed by atoms with van der Waals surface area (Å²) in [6.07, 6.45) is -1.40. The molecule has 112 valence electrons. The Morgan fingerprint density at radius 3 is 2.85 bits per heavy atom. The van der Waals surface area contributed by atoms with E-state index in [9.17, 15) is 13.2 Å². The molecule has 20 heavy (non-hydrogen) atoms. The number of hydrogen-bond donors (Lipinski definition) is 1. The van der Waals surface area contributed by atoms with Crippen molar-refractivity contribution in [1.82, 2.24) is 5.32 Å². The van der Waals surface area contributed by atoms with Gasteiger partial charge in [-0.25, -0.2) is 0 Å². The summed E-state index contributed by atoms with van der Waals surface area (Å²) in [6, 6.07) is 5.12. The quantitative estimate of drug-likeness (QED) is 0.900. The lowest BCUT2D eigenvalue weighted by atomic mass is 10.0. The lowest BCUT2D eigenvalue weighted by Gasteiger charge is -2.24. The summed E-state index contributed by atoms with van der Waals surface area (Å²) in [5, 5.41) is 3.26. The molecule has 2 nitrogen and oxygen atoms in total. The van der Waals surface area contributed by atoms with Gasteiger partial charge in [0.25, 0.3) is 0 Å². The normalized spacial score (nSPS) is 20.9. The van der Waals surface area contributed by atoms with Gasteiger partial charge in [0.1, 0.15) is 11.9 Å². The Morgan fingerprint density at radius 1 is 1.45 bits per heavy atom. The molecule has 0 amide bonds. The highest BCUT2D eigenvalue weighted by molar-refractivity contribution is 7.98. The van der Waals surface area contributed by atoms with Gasteiger partial charge in [-0.05, 0) is 37.4 Å². The average molecular weight is 305 g/mol. The maximum absolute atomic E-state index is 12.7. The van der Waals surface area contributed by atoms with E-state index in [-0.39, 0.29) is 6.10 Å². The van der Waals surface area contributed by atoms with Crippen LogP contribution >= 0.6 is 11.8 Å². The van der Waals surface area contributed by atoms with Crippen LogP contribution in [0.1, 0.15) is 12.0 Å². The van der Waals surface area contributed by atoms with Crippen LogP contribution in [0.15, 0.2) is 24.3 Å². The van der Waals surface area contributed by atoms with Gasteiger partial charge in [-0.2, -0.15) is 24.9 Å². The fraction of sp³-hybridized carbons (Fsp3) is 0.571. The van der Waals surface area contributed by atoms with Crippen molar-refractivity contribution in [1.29, 1.82) is 0 Å². The third-order valence-corrected chi connectivity index (χ3v) is 4.07. The second-order valence-electron chi connectivity index (χ2n) is 4.89. The van der Waals surface area contributed by atoms with Crippen LogP contribution in [-0.4, -0.2) is 31.2 Å². The molecular weight excluding hydrogens is 287 g/mol. The summed E-state index contributed by atoms with van der Waals surface area (Å²) >= 11 is 1.65. The van der Waals surface area contributed by atoms with Crippen LogP contribution < -0.4 is 10.1 Å². The van der Waals surface area contributed by atoms with E-state index in [0.29, 0.717) is 11.7 Å². The van der Waals surface area contributed by atoms with Gasteiger partial charge in [-0.3, -0.25) is 0 Å². The Bertz CT molecular complexity index is 433. The van der Waals surface area contributed by atoms with Gasteiger partial charge in [0.2, 0.25) is 0 Å². The van der Waals surface area contributed by atoms with Crippen LogP contribution in [0.3, 0.4) is 0 Å². The molecule has 2 rings (SSSR count). The summed E-state index contributed by atoms with van der Waals surface area (Å²) in [7, 11) is 0. The fourth-order valence-corrected chi connectivity index (χ4v) is 3.01. The van der Waals surface area contributed by atoms with Crippen LogP contribution in [-0.2, 0) is 6.18 Å². The first-order valence-electron chi connectivity index (χ1n) is 6.54. The second-order valence-corrected chi connectivity index (χ2v) is 5.80. The Labute approximate surface area is 121 Å². The number of nitrogens with one attached hydrogen (secondary N) is 1. The fourth-order valence-electron chi connectivity index (χ4n) is 2.35. The van der Waals surface area contributed by atoms with Crippen molar-refractivity contribution >= 4 is 11.8 Å². The van der Waals surface area contributed by atoms with Crippen molar-refractivity contribution in [2.24, 2.45) is 5.92 Å². The maximum Gasteiger partial charge on any atom is 0.416 e. The van der Waals surface area contributed by atoms with E-state index in [2.05, 4.69) is 5.32 Å². The van der Waals surface area contributed by atoms with E-state index < -0.39 is 11.7 Å². The minimum atomic E-state index is -4.33. The zero-order valence-corrected chi connectivity index (χ0v) is 12.1. The molecule has 0 aromatic heterocycles. The van der Waals surface area contributed by atoms with Crippen molar-refractivity contribution in [2.45, 2.75) is 18.7 Å². The van der Waals surface area contributed by atoms with Crippen molar-refractivity contribution in [3.8, 4) is 5.75 Å². The van der Waals surface area contributed by atoms with E-state index in [4.69, 9.17) is 4.74 Å². The van der Waals surface area contributed by atoms with Gasteiger partial charge in [-0.1, -0.05) is 6.07 Å². The molecule has 1 heterocycles. The summed E-state index contributed by atoms with van der Waals surface area (Å²) in [6.45, 7) is 1.81. The van der Waals surface area contributed by atoms with Crippen LogP contribution in [0.2, 0.25) is 0 Å². The van der Waals surface area contributed by atoms with Crippen LogP contribution in [0, 0.1) is 5.92 Å². The van der Waals surface area contributed by atoms with Crippen LogP contribution in [0.5, 0.6) is 5.75 Å². The van der Waals surface area contributed by atoms with Gasteiger partial charge in [0, 0.05) is 18.2 Å². The number of benzene rings is 1. The molecule has 1 unspecified atom stereocenters. The molecule has 1 aliphatic rings. The van der Waals surface area contributed by atoms with Crippen molar-refractivity contribution in [3.05, 3.63) is 29.8 Å². The van der Waals surface area contributed by atoms with Gasteiger partial charge < -0.3 is 10.1 Å². The van der Waals surface area contributed by atoms with E-state index in [1.165, 1.54) is 6.07 Å². The van der Waals surface area contributed by atoms with E-state index in [1.807, 2.05) is 6.26 Å². The van der Waals surface area contributed by atoms with Crippen LogP contribution in [0.4, 0.5) is 13.2 Å². The summed E-state index contributed by atoms with van der Waals surface area (Å²) in [5.74, 6) is 1.44. The first kappa shape index (κ1) is 15.5. The number of hydrogen-bond acceptors (Lipinski definition) is 3. The Morgan fingerprint density at radius 2 is 2.25 bits per heavy atom. The number of thioether (sulfide) groups is 1. The Balaban J connectivity index is 2.09. The van der Waals surface area contributed by atoms with Gasteiger partial charge in [0.15, 0.2) is 0 Å². The maximum atomic E-state index is 12.7. The predicted molar refractivity (Wildman–Crippen MR) is 75.2 cm³/mol. The minimum Gasteiger partial charge on any atom is -0.489 e. The number of alkyl halides is 3. The predicted octanol–water partition coefficient (Wildman–Crippen LogP) is 3.43. The molecule has 0 bridgehead atoms. The summed E-state index contributed by atoms with van der Waals surface area (Å²) in [4.78, 5) is 0. The molecule has 0 spiro atoms. The molecule has 0 aliphatic carbocycles. The van der Waals surface area contributed by atoms with Gasteiger partial charge in [0.05, 0.1) is 5.56 Å². The van der Waals surface area contributed by atoms with Crippen molar-refractivity contribution < 1.29 is 17.9 Å². The smallest absolute Gasteiger partial charge is 0.416 e. The number of rotatable bonds is 5. The second kappa shape index (κ2) is 6.72. The number of ether oxygens (including phenoxy) is 1. The van der Waals surface area contributed by atoms with Crippen molar-refractivity contribution in [2.75, 3.05) is 25.1 Å². The van der Waals surface area contributed by atoms with E-state index in [0.717, 1.165) is 37.4 Å². The highest BCUT2D eigenvalue weighted by atomic mass is 32.2. The zero-order chi connectivity index (χ0) is 14.6. The Hall–Kier alpha value is -0.880. The summed E-state index contributed by atoms with van der Waals surface area (Å²) in [5.41, 5.74) is -0.664.